The molecule has 11 nitrogen and oxygen atoms in total. The first-order valence-corrected chi connectivity index (χ1v) is 11.6. The average molecular weight is 479 g/mol. The largest absolute Gasteiger partial charge is 0.399 e. The molecule has 1 aliphatic heterocycles. The van der Waals surface area contributed by atoms with Crippen molar-refractivity contribution in [3.8, 4) is 0 Å². The van der Waals surface area contributed by atoms with E-state index >= 15 is 0 Å². The predicted octanol–water partition coefficient (Wildman–Crippen LogP) is 1.82. The molecule has 0 aliphatic carbocycles. The number of nitrogens with one attached hydrogen (secondary N) is 2. The number of rotatable bonds is 6. The van der Waals surface area contributed by atoms with Crippen molar-refractivity contribution in [3.63, 3.8) is 0 Å². The molecule has 0 unspecified atom stereocenters. The summed E-state index contributed by atoms with van der Waals surface area (Å²) < 4.78 is 56.4. The topological polar surface area (TPSA) is 134 Å². The Morgan fingerprint density at radius 1 is 1.03 bits per heavy atom. The molecular formula is C19H19F2N7O4S. The molecule has 2 aromatic heterocycles. The lowest BCUT2D eigenvalue weighted by molar-refractivity contribution is 0.0991. The van der Waals surface area contributed by atoms with E-state index in [9.17, 15) is 22.0 Å². The summed E-state index contributed by atoms with van der Waals surface area (Å²) >= 11 is 0. The molecular weight excluding hydrogens is 460 g/mol. The van der Waals surface area contributed by atoms with Crippen LogP contribution in [0.2, 0.25) is 0 Å². The molecule has 0 bridgehead atoms. The number of carbonyl (C=O) groups is 1. The van der Waals surface area contributed by atoms with Crippen LogP contribution in [0.3, 0.4) is 0 Å². The van der Waals surface area contributed by atoms with Crippen molar-refractivity contribution in [3.05, 3.63) is 54.1 Å². The number of benzene rings is 1. The van der Waals surface area contributed by atoms with Crippen LogP contribution in [0.15, 0.2) is 40.9 Å². The first-order chi connectivity index (χ1) is 15.7. The summed E-state index contributed by atoms with van der Waals surface area (Å²) in [6.45, 7) is 1.74. The summed E-state index contributed by atoms with van der Waals surface area (Å²) in [4.78, 5) is 18.6. The number of sulfonamides is 1. The lowest BCUT2D eigenvalue weighted by Gasteiger charge is -2.33. The van der Waals surface area contributed by atoms with E-state index in [1.807, 2.05) is 4.90 Å². The summed E-state index contributed by atoms with van der Waals surface area (Å²) in [5.74, 6) is -1.99. The molecule has 14 heteroatoms. The maximum atomic E-state index is 13.3. The highest BCUT2D eigenvalue weighted by Gasteiger charge is 2.24. The van der Waals surface area contributed by atoms with Crippen molar-refractivity contribution in [2.45, 2.75) is 0 Å². The number of anilines is 4. The Hall–Kier alpha value is -3.65. The zero-order valence-corrected chi connectivity index (χ0v) is 18.1. The van der Waals surface area contributed by atoms with Crippen molar-refractivity contribution in [2.75, 3.05) is 48.0 Å². The average Bonchev–Trinajstić information content (AvgIpc) is 3.22. The molecule has 1 aliphatic rings. The highest BCUT2D eigenvalue weighted by atomic mass is 32.2. The maximum absolute atomic E-state index is 13.3. The van der Waals surface area contributed by atoms with Gasteiger partial charge in [0.15, 0.2) is 0 Å². The number of hydrogen-bond acceptors (Lipinski definition) is 9. The van der Waals surface area contributed by atoms with Crippen LogP contribution in [0.5, 0.6) is 0 Å². The normalized spacial score (nSPS) is 14.8. The third-order valence-corrected chi connectivity index (χ3v) is 6.07. The van der Waals surface area contributed by atoms with Crippen LogP contribution < -0.4 is 15.5 Å². The standard InChI is InChI=1S/C19H19F2N7O4S/c1-33(30,31)28-6-4-27(5-7-28)16-3-2-14(11-22-16)23-17(29)18-25-26-19(32-18)24-15-9-12(20)8-13(21)10-15/h2-3,8-11H,4-7H2,1H3,(H,23,29)(H,24,26). The minimum atomic E-state index is -3.22. The smallest absolute Gasteiger partial charge is 0.320 e. The number of amides is 1. The first-order valence-electron chi connectivity index (χ1n) is 9.71. The second kappa shape index (κ2) is 9.07. The van der Waals surface area contributed by atoms with Gasteiger partial charge in [0.05, 0.1) is 18.1 Å². The lowest BCUT2D eigenvalue weighted by Crippen LogP contribution is -2.48. The van der Waals surface area contributed by atoms with Gasteiger partial charge in [0, 0.05) is 37.9 Å². The second-order valence-corrected chi connectivity index (χ2v) is 9.19. The second-order valence-electron chi connectivity index (χ2n) is 7.20. The molecule has 33 heavy (non-hydrogen) atoms. The zero-order chi connectivity index (χ0) is 23.6. The Kier molecular flexibility index (Phi) is 6.20. The molecule has 1 aromatic carbocycles. The third kappa shape index (κ3) is 5.59. The highest BCUT2D eigenvalue weighted by molar-refractivity contribution is 7.88. The van der Waals surface area contributed by atoms with E-state index in [1.165, 1.54) is 16.8 Å². The number of carbonyl (C=O) groups excluding carboxylic acids is 1. The van der Waals surface area contributed by atoms with Crippen LogP contribution in [0.4, 0.5) is 32.0 Å². The van der Waals surface area contributed by atoms with E-state index in [0.717, 1.165) is 12.1 Å². The molecule has 1 amide bonds. The van der Waals surface area contributed by atoms with Gasteiger partial charge in [-0.15, -0.1) is 5.10 Å². The van der Waals surface area contributed by atoms with E-state index in [1.54, 1.807) is 12.1 Å². The molecule has 0 spiro atoms. The summed E-state index contributed by atoms with van der Waals surface area (Å²) in [5.41, 5.74) is 0.415. The molecule has 4 rings (SSSR count). The summed E-state index contributed by atoms with van der Waals surface area (Å²) in [6.07, 6.45) is 2.63. The van der Waals surface area contributed by atoms with Gasteiger partial charge in [-0.2, -0.15) is 4.31 Å². The molecule has 0 atom stereocenters. The fourth-order valence-corrected chi connectivity index (χ4v) is 4.02. The molecule has 1 fully saturated rings. The fourth-order valence-electron chi connectivity index (χ4n) is 3.20. The molecule has 0 radical (unpaired) electrons. The first kappa shape index (κ1) is 22.5. The number of aromatic nitrogens is 3. The number of nitrogens with zero attached hydrogens (tertiary/aromatic N) is 5. The molecule has 3 heterocycles. The van der Waals surface area contributed by atoms with Crippen molar-refractivity contribution in [2.24, 2.45) is 0 Å². The summed E-state index contributed by atoms with van der Waals surface area (Å²) in [5, 5.41) is 12.3. The van der Waals surface area contributed by atoms with Gasteiger partial charge in [-0.3, -0.25) is 4.79 Å². The van der Waals surface area contributed by atoms with Crippen molar-refractivity contribution >= 4 is 39.1 Å². The predicted molar refractivity (Wildman–Crippen MR) is 115 cm³/mol. The number of piperazine rings is 1. The number of hydrogen-bond donors (Lipinski definition) is 2. The van der Waals surface area contributed by atoms with Crippen molar-refractivity contribution in [1.29, 1.82) is 0 Å². The van der Waals surface area contributed by atoms with Gasteiger partial charge in [-0.05, 0) is 24.3 Å². The van der Waals surface area contributed by atoms with E-state index in [0.29, 0.717) is 43.8 Å². The van der Waals surface area contributed by atoms with Gasteiger partial charge in [-0.1, -0.05) is 5.10 Å². The number of halogens is 2. The lowest BCUT2D eigenvalue weighted by atomic mass is 10.3. The molecule has 2 N–H and O–H groups in total. The van der Waals surface area contributed by atoms with Gasteiger partial charge in [-0.25, -0.2) is 22.2 Å². The van der Waals surface area contributed by atoms with Crippen molar-refractivity contribution < 1.29 is 26.4 Å². The molecule has 174 valence electrons. The Balaban J connectivity index is 1.35. The highest BCUT2D eigenvalue weighted by Crippen LogP contribution is 2.20. The zero-order valence-electron chi connectivity index (χ0n) is 17.3. The van der Waals surface area contributed by atoms with Crippen LogP contribution >= 0.6 is 0 Å². The van der Waals surface area contributed by atoms with Gasteiger partial charge in [0.1, 0.15) is 17.5 Å². The van der Waals surface area contributed by atoms with Gasteiger partial charge >= 0.3 is 17.8 Å². The van der Waals surface area contributed by atoms with Crippen LogP contribution in [-0.4, -0.2) is 66.2 Å². The molecule has 3 aromatic rings. The SMILES string of the molecule is CS(=O)(=O)N1CCN(c2ccc(NC(=O)c3nnc(Nc4cc(F)cc(F)c4)o3)cn2)CC1. The van der Waals surface area contributed by atoms with E-state index < -0.39 is 27.6 Å². The quantitative estimate of drug-likeness (QED) is 0.543. The third-order valence-electron chi connectivity index (χ3n) is 4.77. The van der Waals surface area contributed by atoms with Crippen molar-refractivity contribution in [1.82, 2.24) is 19.5 Å². The Labute approximate surface area is 187 Å². The van der Waals surface area contributed by atoms with Crippen LogP contribution in [0, 0.1) is 11.6 Å². The maximum Gasteiger partial charge on any atom is 0.320 e. The number of pyridine rings is 1. The van der Waals surface area contributed by atoms with E-state index in [2.05, 4.69) is 25.8 Å². The fraction of sp³-hybridized carbons (Fsp3) is 0.263. The van der Waals surface area contributed by atoms with Gasteiger partial charge in [0.2, 0.25) is 10.0 Å². The Morgan fingerprint density at radius 3 is 2.33 bits per heavy atom. The van der Waals surface area contributed by atoms with Crippen LogP contribution in [0.25, 0.3) is 0 Å². The molecule has 1 saturated heterocycles. The minimum absolute atomic E-state index is 0.0419. The minimum Gasteiger partial charge on any atom is -0.399 e. The Bertz CT molecular complexity index is 1240. The van der Waals surface area contributed by atoms with Gasteiger partial charge in [0.25, 0.3) is 0 Å². The monoisotopic (exact) mass is 479 g/mol. The van der Waals surface area contributed by atoms with E-state index in [4.69, 9.17) is 4.42 Å². The Morgan fingerprint density at radius 2 is 1.73 bits per heavy atom. The summed E-state index contributed by atoms with van der Waals surface area (Å²) in [7, 11) is -3.22. The van der Waals surface area contributed by atoms with Crippen LogP contribution in [0.1, 0.15) is 10.7 Å². The molecule has 0 saturated carbocycles. The van der Waals surface area contributed by atoms with E-state index in [-0.39, 0.29) is 17.6 Å². The van der Waals surface area contributed by atoms with Crippen LogP contribution in [-0.2, 0) is 10.0 Å². The van der Waals surface area contributed by atoms with Gasteiger partial charge < -0.3 is 20.0 Å². The summed E-state index contributed by atoms with van der Waals surface area (Å²) in [6, 6.07) is 5.89.